The van der Waals surface area contributed by atoms with Crippen molar-refractivity contribution in [3.8, 4) is 0 Å². The largest absolute Gasteiger partial charge is 0.396 e. The number of hydrogen-bond donors (Lipinski definition) is 2. The Morgan fingerprint density at radius 2 is 2.14 bits per heavy atom. The van der Waals surface area contributed by atoms with Gasteiger partial charge in [-0.3, -0.25) is 0 Å². The van der Waals surface area contributed by atoms with E-state index in [0.29, 0.717) is 18.4 Å². The fourth-order valence-corrected chi connectivity index (χ4v) is 3.41. The minimum Gasteiger partial charge on any atom is -0.396 e. The van der Waals surface area contributed by atoms with Crippen LogP contribution in [0.25, 0.3) is 0 Å². The van der Waals surface area contributed by atoms with Crippen LogP contribution in [0.4, 0.5) is 5.95 Å². The van der Waals surface area contributed by atoms with Gasteiger partial charge >= 0.3 is 0 Å². The number of aliphatic hydroxyl groups is 1. The maximum Gasteiger partial charge on any atom is 0.223 e. The van der Waals surface area contributed by atoms with Gasteiger partial charge in [-0.2, -0.15) is 0 Å². The molecule has 5 heteroatoms. The van der Waals surface area contributed by atoms with E-state index in [1.807, 2.05) is 6.92 Å². The Morgan fingerprint density at radius 1 is 1.27 bits per heavy atom. The van der Waals surface area contributed by atoms with Crippen LogP contribution in [0.1, 0.15) is 49.4 Å². The number of hydrogen-bond acceptors (Lipinski definition) is 5. The second kappa shape index (κ2) is 7.38. The topological polar surface area (TPSA) is 61.3 Å². The summed E-state index contributed by atoms with van der Waals surface area (Å²) in [5.41, 5.74) is 2.26. The Bertz CT molecular complexity index is 490. The number of anilines is 1. The Balaban J connectivity index is 1.49. The molecule has 2 aliphatic rings. The maximum atomic E-state index is 9.29. The fraction of sp³-hybridized carbons (Fsp3) is 0.765. The molecule has 1 aromatic heterocycles. The third-order valence-corrected chi connectivity index (χ3v) is 4.97. The van der Waals surface area contributed by atoms with Crippen molar-refractivity contribution in [2.24, 2.45) is 5.92 Å². The molecule has 1 aliphatic heterocycles. The summed E-state index contributed by atoms with van der Waals surface area (Å²) in [6.45, 7) is 6.37. The van der Waals surface area contributed by atoms with Crippen LogP contribution in [0.3, 0.4) is 0 Å². The van der Waals surface area contributed by atoms with Gasteiger partial charge in [-0.15, -0.1) is 0 Å². The lowest BCUT2D eigenvalue weighted by atomic mass is 9.83. The highest BCUT2D eigenvalue weighted by molar-refractivity contribution is 5.30. The van der Waals surface area contributed by atoms with E-state index in [-0.39, 0.29) is 0 Å². The molecule has 0 radical (unpaired) electrons. The van der Waals surface area contributed by atoms with Gasteiger partial charge in [-0.1, -0.05) is 6.42 Å². The zero-order valence-corrected chi connectivity index (χ0v) is 13.6. The lowest BCUT2D eigenvalue weighted by Crippen LogP contribution is -2.39. The van der Waals surface area contributed by atoms with Crippen molar-refractivity contribution in [3.63, 3.8) is 0 Å². The third kappa shape index (κ3) is 3.96. The molecule has 1 saturated carbocycles. The summed E-state index contributed by atoms with van der Waals surface area (Å²) in [6.07, 6.45) is 6.22. The van der Waals surface area contributed by atoms with Crippen LogP contribution in [0.2, 0.25) is 0 Å². The number of nitrogens with one attached hydrogen (secondary N) is 1. The number of aliphatic hydroxyl groups excluding tert-OH is 1. The van der Waals surface area contributed by atoms with Crippen LogP contribution in [0.15, 0.2) is 6.07 Å². The van der Waals surface area contributed by atoms with Gasteiger partial charge in [0.15, 0.2) is 0 Å². The van der Waals surface area contributed by atoms with Crippen molar-refractivity contribution >= 4 is 5.95 Å². The van der Waals surface area contributed by atoms with Crippen LogP contribution < -0.4 is 5.32 Å². The first-order chi connectivity index (χ1) is 10.7. The first-order valence-electron chi connectivity index (χ1n) is 8.67. The van der Waals surface area contributed by atoms with Crippen LogP contribution in [0.5, 0.6) is 0 Å². The molecule has 1 aromatic rings. The fourth-order valence-electron chi connectivity index (χ4n) is 3.41. The Morgan fingerprint density at radius 3 is 2.86 bits per heavy atom. The van der Waals surface area contributed by atoms with Crippen molar-refractivity contribution in [2.45, 2.75) is 44.9 Å². The molecule has 1 aliphatic carbocycles. The second-order valence-corrected chi connectivity index (χ2v) is 6.80. The van der Waals surface area contributed by atoms with Gasteiger partial charge in [0, 0.05) is 43.5 Å². The predicted molar refractivity (Wildman–Crippen MR) is 88.1 cm³/mol. The summed E-state index contributed by atoms with van der Waals surface area (Å²) < 4.78 is 0. The minimum absolute atomic E-state index is 0.315. The van der Waals surface area contributed by atoms with Crippen LogP contribution in [-0.4, -0.2) is 52.8 Å². The summed E-state index contributed by atoms with van der Waals surface area (Å²) in [4.78, 5) is 11.6. The third-order valence-electron chi connectivity index (χ3n) is 4.97. The predicted octanol–water partition coefficient (Wildman–Crippen LogP) is 2.17. The summed E-state index contributed by atoms with van der Waals surface area (Å²) in [7, 11) is 0. The number of nitrogens with zero attached hydrogens (tertiary/aromatic N) is 3. The van der Waals surface area contributed by atoms with E-state index >= 15 is 0 Å². The molecule has 2 N–H and O–H groups in total. The number of likely N-dealkylation sites (tertiary alicyclic amines) is 1. The van der Waals surface area contributed by atoms with Crippen LogP contribution >= 0.6 is 0 Å². The normalized spacial score (nSPS) is 23.3. The summed E-state index contributed by atoms with van der Waals surface area (Å²) in [5, 5.41) is 12.7. The van der Waals surface area contributed by atoms with Crippen molar-refractivity contribution in [2.75, 3.05) is 38.1 Å². The van der Waals surface area contributed by atoms with E-state index in [9.17, 15) is 5.11 Å². The average molecular weight is 304 g/mol. The van der Waals surface area contributed by atoms with Crippen molar-refractivity contribution in [3.05, 3.63) is 17.5 Å². The standard InChI is InChI=1S/C17H28N4O/c1-13-10-16(15-5-2-6-15)20-17(19-13)18-7-9-21-8-3-4-14(11-21)12-22/h10,14-15,22H,2-9,11-12H2,1H3,(H,18,19,20)/t14-/m0/s1. The van der Waals surface area contributed by atoms with Gasteiger partial charge in [0.1, 0.15) is 0 Å². The van der Waals surface area contributed by atoms with Crippen molar-refractivity contribution in [1.29, 1.82) is 0 Å². The van der Waals surface area contributed by atoms with E-state index in [1.54, 1.807) is 0 Å². The molecule has 1 saturated heterocycles. The van der Waals surface area contributed by atoms with Gasteiger partial charge in [0.25, 0.3) is 0 Å². The molecule has 1 atom stereocenters. The zero-order valence-electron chi connectivity index (χ0n) is 13.6. The van der Waals surface area contributed by atoms with E-state index in [2.05, 4.69) is 26.3 Å². The Kier molecular flexibility index (Phi) is 5.26. The SMILES string of the molecule is Cc1cc(C2CCC2)nc(NCCN2CCC[C@H](CO)C2)n1. The molecule has 0 spiro atoms. The second-order valence-electron chi connectivity index (χ2n) is 6.80. The number of piperidine rings is 1. The van der Waals surface area contributed by atoms with Crippen molar-refractivity contribution < 1.29 is 5.11 Å². The zero-order chi connectivity index (χ0) is 15.4. The van der Waals surface area contributed by atoms with Gasteiger partial charge < -0.3 is 15.3 Å². The first-order valence-corrected chi connectivity index (χ1v) is 8.67. The van der Waals surface area contributed by atoms with Gasteiger partial charge in [0.05, 0.1) is 0 Å². The van der Waals surface area contributed by atoms with E-state index < -0.39 is 0 Å². The average Bonchev–Trinajstić information content (AvgIpc) is 2.45. The van der Waals surface area contributed by atoms with Crippen molar-refractivity contribution in [1.82, 2.24) is 14.9 Å². The van der Waals surface area contributed by atoms with Gasteiger partial charge in [-0.25, -0.2) is 9.97 Å². The first kappa shape index (κ1) is 15.7. The molecule has 3 rings (SSSR count). The number of aryl methyl sites for hydroxylation is 1. The summed E-state index contributed by atoms with van der Waals surface area (Å²) >= 11 is 0. The number of aromatic nitrogens is 2. The van der Waals surface area contributed by atoms with E-state index in [0.717, 1.165) is 44.2 Å². The highest BCUT2D eigenvalue weighted by Crippen LogP contribution is 2.35. The Hall–Kier alpha value is -1.20. The van der Waals surface area contributed by atoms with E-state index in [4.69, 9.17) is 0 Å². The summed E-state index contributed by atoms with van der Waals surface area (Å²) in [6, 6.07) is 2.13. The molecule has 0 amide bonds. The lowest BCUT2D eigenvalue weighted by molar-refractivity contribution is 0.123. The van der Waals surface area contributed by atoms with Gasteiger partial charge in [-0.05, 0) is 51.1 Å². The molecule has 2 fully saturated rings. The van der Waals surface area contributed by atoms with E-state index in [1.165, 1.54) is 31.4 Å². The number of rotatable bonds is 6. The van der Waals surface area contributed by atoms with Crippen LogP contribution in [0, 0.1) is 12.8 Å². The molecular formula is C17H28N4O. The molecule has 0 aromatic carbocycles. The highest BCUT2D eigenvalue weighted by atomic mass is 16.3. The molecular weight excluding hydrogens is 276 g/mol. The molecule has 0 bridgehead atoms. The lowest BCUT2D eigenvalue weighted by Gasteiger charge is -2.31. The molecule has 2 heterocycles. The molecule has 5 nitrogen and oxygen atoms in total. The molecule has 122 valence electrons. The highest BCUT2D eigenvalue weighted by Gasteiger charge is 2.22. The van der Waals surface area contributed by atoms with Gasteiger partial charge in [0.2, 0.25) is 5.95 Å². The molecule has 22 heavy (non-hydrogen) atoms. The Labute approximate surface area is 133 Å². The monoisotopic (exact) mass is 304 g/mol. The minimum atomic E-state index is 0.315. The maximum absolute atomic E-state index is 9.29. The molecule has 0 unspecified atom stereocenters. The smallest absolute Gasteiger partial charge is 0.223 e. The summed E-state index contributed by atoms with van der Waals surface area (Å²) in [5.74, 6) is 1.88. The quantitative estimate of drug-likeness (QED) is 0.843. The van der Waals surface area contributed by atoms with Crippen LogP contribution in [-0.2, 0) is 0 Å².